The number of methoxy groups -OCH3 is 1. The van der Waals surface area contributed by atoms with E-state index in [1.54, 1.807) is 11.8 Å². The van der Waals surface area contributed by atoms with E-state index in [9.17, 15) is 4.79 Å². The molecule has 1 aromatic heterocycles. The number of nitrogens with zero attached hydrogens (tertiary/aromatic N) is 3. The number of rotatable bonds is 9. The summed E-state index contributed by atoms with van der Waals surface area (Å²) in [6.45, 7) is 4.28. The Labute approximate surface area is 251 Å². The van der Waals surface area contributed by atoms with Gasteiger partial charge in [0, 0.05) is 16.5 Å². The van der Waals surface area contributed by atoms with Crippen molar-refractivity contribution in [2.45, 2.75) is 69.0 Å². The summed E-state index contributed by atoms with van der Waals surface area (Å²) in [4.78, 5) is 18.5. The van der Waals surface area contributed by atoms with Crippen LogP contribution in [0.1, 0.15) is 63.1 Å². The zero-order chi connectivity index (χ0) is 28.2. The molecule has 0 bridgehead atoms. The maximum Gasteiger partial charge on any atom is 0.338 e. The predicted octanol–water partition coefficient (Wildman–Crippen LogP) is 7.56. The minimum atomic E-state index is -0.588. The monoisotopic (exact) mass is 646 g/mol. The van der Waals surface area contributed by atoms with Crippen LogP contribution in [0.15, 0.2) is 57.3 Å². The molecule has 8 nitrogen and oxygen atoms in total. The topological polar surface area (TPSA) is 87.5 Å². The number of allylic oxidation sites excluding steroid dienone is 1. The first-order chi connectivity index (χ1) is 19.4. The fourth-order valence-electron chi connectivity index (χ4n) is 5.10. The molecule has 40 heavy (non-hydrogen) atoms. The number of fused-ring (bicyclic) bond motifs is 1. The van der Waals surface area contributed by atoms with Gasteiger partial charge in [-0.15, -0.1) is 5.10 Å². The number of carbonyl (C=O) groups excluding carboxylic acids is 1. The summed E-state index contributed by atoms with van der Waals surface area (Å²) < 4.78 is 20.0. The molecule has 1 atom stereocenters. The fourth-order valence-corrected chi connectivity index (χ4v) is 6.79. The highest BCUT2D eigenvalue weighted by atomic mass is 79.9. The van der Waals surface area contributed by atoms with Gasteiger partial charge in [-0.1, -0.05) is 48.0 Å². The average molecular weight is 648 g/mol. The molecule has 5 rings (SSSR count). The molecule has 1 aliphatic heterocycles. The molecular formula is C29H32BrClN4O4S. The van der Waals surface area contributed by atoms with E-state index < -0.39 is 6.04 Å². The van der Waals surface area contributed by atoms with Gasteiger partial charge in [0.05, 0.1) is 23.8 Å². The third-order valence-corrected chi connectivity index (χ3v) is 8.89. The smallest absolute Gasteiger partial charge is 0.338 e. The van der Waals surface area contributed by atoms with E-state index >= 15 is 0 Å². The van der Waals surface area contributed by atoms with E-state index in [-0.39, 0.29) is 12.1 Å². The van der Waals surface area contributed by atoms with Crippen LogP contribution in [-0.4, -0.2) is 40.6 Å². The van der Waals surface area contributed by atoms with E-state index in [1.165, 1.54) is 18.2 Å². The highest BCUT2D eigenvalue weighted by Gasteiger charge is 2.37. The normalized spacial score (nSPS) is 17.3. The zero-order valence-corrected chi connectivity index (χ0v) is 25.9. The fraction of sp³-hybridized carbons (Fsp3) is 0.414. The second-order valence-electron chi connectivity index (χ2n) is 9.74. The molecule has 2 heterocycles. The minimum absolute atomic E-state index is 0.0808. The zero-order valence-electron chi connectivity index (χ0n) is 22.7. The van der Waals surface area contributed by atoms with Gasteiger partial charge in [0.25, 0.3) is 0 Å². The number of carbonyl (C=O) groups is 1. The number of aromatic nitrogens is 3. The van der Waals surface area contributed by atoms with Crippen LogP contribution in [0, 0.1) is 0 Å². The molecule has 1 unspecified atom stereocenters. The Bertz CT molecular complexity index is 1420. The summed E-state index contributed by atoms with van der Waals surface area (Å²) in [6, 6.07) is 11.0. The van der Waals surface area contributed by atoms with Crippen molar-refractivity contribution in [1.82, 2.24) is 14.8 Å². The number of esters is 1. The van der Waals surface area contributed by atoms with Crippen molar-refractivity contribution in [2.24, 2.45) is 0 Å². The van der Waals surface area contributed by atoms with Gasteiger partial charge in [-0.3, -0.25) is 0 Å². The number of hydrogen-bond donors (Lipinski definition) is 1. The molecule has 1 N–H and O–H groups in total. The number of nitrogens with one attached hydrogen (secondary N) is 1. The number of ether oxygens (including phenoxy) is 3. The molecule has 0 spiro atoms. The Kier molecular flexibility index (Phi) is 9.27. The lowest BCUT2D eigenvalue weighted by molar-refractivity contribution is -0.146. The third-order valence-electron chi connectivity index (χ3n) is 7.05. The molecule has 212 valence electrons. The molecule has 1 aliphatic carbocycles. The molecule has 0 saturated heterocycles. The van der Waals surface area contributed by atoms with Crippen LogP contribution in [0.4, 0.5) is 5.95 Å². The molecule has 2 aromatic carbocycles. The summed E-state index contributed by atoms with van der Waals surface area (Å²) in [5.41, 5.74) is 2.95. The third kappa shape index (κ3) is 6.14. The molecular weight excluding hydrogens is 616 g/mol. The van der Waals surface area contributed by atoms with E-state index in [0.29, 0.717) is 51.3 Å². The van der Waals surface area contributed by atoms with Crippen molar-refractivity contribution in [3.8, 4) is 11.5 Å². The maximum atomic E-state index is 13.8. The molecule has 3 aromatic rings. The first-order valence-electron chi connectivity index (χ1n) is 13.4. The van der Waals surface area contributed by atoms with Crippen LogP contribution < -0.4 is 14.8 Å². The van der Waals surface area contributed by atoms with Crippen molar-refractivity contribution < 1.29 is 19.0 Å². The van der Waals surface area contributed by atoms with Gasteiger partial charge in [-0.05, 0) is 84.8 Å². The summed E-state index contributed by atoms with van der Waals surface area (Å²) in [5, 5.41) is 9.41. The number of halogens is 2. The van der Waals surface area contributed by atoms with E-state index in [2.05, 4.69) is 21.2 Å². The second-order valence-corrected chi connectivity index (χ2v) is 11.9. The SMILES string of the molecule is CCOc1c(Br)cc(C2C(C(=O)OC3CCCCC3)=C(C)Nc3nc(SCc4ccccc4Cl)nn32)cc1OC. The predicted molar refractivity (Wildman–Crippen MR) is 160 cm³/mol. The molecule has 0 radical (unpaired) electrons. The lowest BCUT2D eigenvalue weighted by Crippen LogP contribution is -2.32. The molecule has 1 fully saturated rings. The van der Waals surface area contributed by atoms with Gasteiger partial charge in [0.2, 0.25) is 11.1 Å². The Morgan fingerprint density at radius 1 is 1.23 bits per heavy atom. The number of hydrogen-bond acceptors (Lipinski definition) is 8. The van der Waals surface area contributed by atoms with Crippen LogP contribution in [-0.2, 0) is 15.3 Å². The lowest BCUT2D eigenvalue weighted by Gasteiger charge is -2.30. The van der Waals surface area contributed by atoms with Crippen LogP contribution in [0.2, 0.25) is 5.02 Å². The highest BCUT2D eigenvalue weighted by Crippen LogP contribution is 2.43. The average Bonchev–Trinajstić information content (AvgIpc) is 3.35. The second kappa shape index (κ2) is 12.9. The van der Waals surface area contributed by atoms with E-state index in [0.717, 1.165) is 41.3 Å². The first kappa shape index (κ1) is 28.8. The van der Waals surface area contributed by atoms with Crippen LogP contribution in [0.5, 0.6) is 11.5 Å². The molecule has 0 amide bonds. The van der Waals surface area contributed by atoms with Crippen molar-refractivity contribution in [1.29, 1.82) is 0 Å². The Morgan fingerprint density at radius 3 is 2.73 bits per heavy atom. The quantitative estimate of drug-likeness (QED) is 0.188. The Morgan fingerprint density at radius 2 is 2.00 bits per heavy atom. The summed E-state index contributed by atoms with van der Waals surface area (Å²) in [5.74, 6) is 1.96. The standard InChI is InChI=1S/C29H32BrClN4O4S/c1-4-38-26-21(30)14-19(15-23(26)37-3)25-24(27(36)39-20-11-6-5-7-12-20)17(2)32-28-33-29(34-35(25)28)40-16-18-10-8-9-13-22(18)31/h8-10,13-15,20,25H,4-7,11-12,16H2,1-3H3,(H,32,33,34). The molecule has 11 heteroatoms. The Hall–Kier alpha value is -2.69. The van der Waals surface area contributed by atoms with Crippen molar-refractivity contribution in [3.63, 3.8) is 0 Å². The number of thioether (sulfide) groups is 1. The summed E-state index contributed by atoms with van der Waals surface area (Å²) in [7, 11) is 1.60. The Balaban J connectivity index is 1.53. The van der Waals surface area contributed by atoms with Gasteiger partial charge in [0.15, 0.2) is 11.5 Å². The van der Waals surface area contributed by atoms with Crippen molar-refractivity contribution in [3.05, 3.63) is 68.3 Å². The van der Waals surface area contributed by atoms with Crippen LogP contribution >= 0.6 is 39.3 Å². The minimum Gasteiger partial charge on any atom is -0.493 e. The number of anilines is 1. The van der Waals surface area contributed by atoms with Gasteiger partial charge in [-0.2, -0.15) is 4.98 Å². The first-order valence-corrected chi connectivity index (χ1v) is 15.6. The molecule has 2 aliphatic rings. The summed E-state index contributed by atoms with van der Waals surface area (Å²) >= 11 is 11.5. The largest absolute Gasteiger partial charge is 0.493 e. The van der Waals surface area contributed by atoms with Gasteiger partial charge in [-0.25, -0.2) is 9.48 Å². The van der Waals surface area contributed by atoms with Gasteiger partial charge in [0.1, 0.15) is 12.1 Å². The summed E-state index contributed by atoms with van der Waals surface area (Å²) in [6.07, 6.45) is 5.01. The molecule has 1 saturated carbocycles. The van der Waals surface area contributed by atoms with Gasteiger partial charge < -0.3 is 19.5 Å². The van der Waals surface area contributed by atoms with Crippen LogP contribution in [0.25, 0.3) is 0 Å². The van der Waals surface area contributed by atoms with Crippen LogP contribution in [0.3, 0.4) is 0 Å². The van der Waals surface area contributed by atoms with Gasteiger partial charge >= 0.3 is 5.97 Å². The van der Waals surface area contributed by atoms with E-state index in [1.807, 2.05) is 50.2 Å². The van der Waals surface area contributed by atoms with Crippen molar-refractivity contribution >= 4 is 51.2 Å². The number of benzene rings is 2. The maximum absolute atomic E-state index is 13.8. The van der Waals surface area contributed by atoms with E-state index in [4.69, 9.17) is 35.9 Å². The van der Waals surface area contributed by atoms with Crippen molar-refractivity contribution in [2.75, 3.05) is 19.0 Å². The lowest BCUT2D eigenvalue weighted by atomic mass is 9.94. The highest BCUT2D eigenvalue weighted by molar-refractivity contribution is 9.10.